The highest BCUT2D eigenvalue weighted by Gasteiger charge is 2.25. The average molecular weight is 353 g/mol. The topological polar surface area (TPSA) is 63.2 Å². The Hall–Kier alpha value is -0.590. The third kappa shape index (κ3) is 3.05. The number of hydrogen-bond acceptors (Lipinski definition) is 3. The molecule has 0 saturated heterocycles. The highest BCUT2D eigenvalue weighted by Crippen LogP contribution is 2.27. The molecule has 1 aliphatic rings. The van der Waals surface area contributed by atoms with E-state index in [-0.39, 0.29) is 16.8 Å². The molecule has 0 atom stereocenters. The lowest BCUT2D eigenvalue weighted by Gasteiger charge is -2.10. The van der Waals surface area contributed by atoms with Gasteiger partial charge in [0, 0.05) is 26.8 Å². The van der Waals surface area contributed by atoms with Crippen LogP contribution in [0.1, 0.15) is 28.8 Å². The molecule has 0 unspecified atom stereocenters. The molecule has 0 aliphatic heterocycles. The second-order valence-corrected chi connectivity index (χ2v) is 7.68. The molecule has 2 rings (SSSR count). The largest absolute Gasteiger partial charge is 0.349 e. The van der Waals surface area contributed by atoms with Crippen LogP contribution in [-0.2, 0) is 9.05 Å². The van der Waals surface area contributed by atoms with Gasteiger partial charge in [0.2, 0.25) is 0 Å². The lowest BCUT2D eigenvalue weighted by atomic mass is 10.1. The van der Waals surface area contributed by atoms with Gasteiger partial charge in [-0.3, -0.25) is 4.79 Å². The van der Waals surface area contributed by atoms with Crippen molar-refractivity contribution in [3.8, 4) is 0 Å². The average Bonchev–Trinajstić information content (AvgIpc) is 3.03. The fourth-order valence-electron chi connectivity index (χ4n) is 1.52. The summed E-state index contributed by atoms with van der Waals surface area (Å²) in [4.78, 5) is 11.9. The van der Waals surface area contributed by atoms with Gasteiger partial charge in [0.15, 0.2) is 0 Å². The maximum absolute atomic E-state index is 12.0. The predicted molar refractivity (Wildman–Crippen MR) is 72.4 cm³/mol. The fraction of sp³-hybridized carbons (Fsp3) is 0.364. The molecule has 4 nitrogen and oxygen atoms in total. The number of rotatable bonds is 3. The van der Waals surface area contributed by atoms with Crippen LogP contribution in [0.2, 0.25) is 0 Å². The number of benzene rings is 1. The second kappa shape index (κ2) is 4.83. The minimum absolute atomic E-state index is 0.0809. The van der Waals surface area contributed by atoms with E-state index >= 15 is 0 Å². The minimum atomic E-state index is -3.85. The molecule has 1 saturated carbocycles. The van der Waals surface area contributed by atoms with Crippen LogP contribution in [0.4, 0.5) is 0 Å². The molecule has 1 aromatic carbocycles. The number of amides is 1. The molecule has 1 amide bonds. The standard InChI is InChI=1S/C11H11BrClNO3S/c1-6-9(11(15)14-7-2-3-7)4-8(5-10(6)12)18(13,16)17/h4-5,7H,2-3H2,1H3,(H,14,15). The summed E-state index contributed by atoms with van der Waals surface area (Å²) >= 11 is 3.24. The van der Waals surface area contributed by atoms with E-state index in [0.29, 0.717) is 15.6 Å². The Morgan fingerprint density at radius 2 is 2.06 bits per heavy atom. The van der Waals surface area contributed by atoms with E-state index < -0.39 is 9.05 Å². The molecule has 98 valence electrons. The Kier molecular flexibility index (Phi) is 3.71. The van der Waals surface area contributed by atoms with E-state index in [2.05, 4.69) is 21.2 Å². The van der Waals surface area contributed by atoms with Gasteiger partial charge < -0.3 is 5.32 Å². The zero-order valence-electron chi connectivity index (χ0n) is 9.54. The van der Waals surface area contributed by atoms with Crippen LogP contribution in [0.15, 0.2) is 21.5 Å². The first-order valence-corrected chi connectivity index (χ1v) is 8.45. The predicted octanol–water partition coefficient (Wildman–Crippen LogP) is 2.58. The third-order valence-corrected chi connectivity index (χ3v) is 4.91. The molecule has 0 aromatic heterocycles. The van der Waals surface area contributed by atoms with Gasteiger partial charge in [0.25, 0.3) is 15.0 Å². The van der Waals surface area contributed by atoms with Gasteiger partial charge in [-0.05, 0) is 37.5 Å². The second-order valence-electron chi connectivity index (χ2n) is 4.26. The van der Waals surface area contributed by atoms with Crippen LogP contribution in [0.5, 0.6) is 0 Å². The molecule has 0 bridgehead atoms. The number of nitrogens with one attached hydrogen (secondary N) is 1. The molecular weight excluding hydrogens is 342 g/mol. The molecule has 0 heterocycles. The molecule has 1 fully saturated rings. The normalized spacial score (nSPS) is 15.5. The molecule has 1 aliphatic carbocycles. The monoisotopic (exact) mass is 351 g/mol. The Balaban J connectivity index is 2.44. The Labute approximate surface area is 118 Å². The van der Waals surface area contributed by atoms with Crippen LogP contribution >= 0.6 is 26.6 Å². The van der Waals surface area contributed by atoms with Gasteiger partial charge >= 0.3 is 0 Å². The van der Waals surface area contributed by atoms with Crippen LogP contribution in [0.25, 0.3) is 0 Å². The molecule has 0 spiro atoms. The van der Waals surface area contributed by atoms with Crippen LogP contribution < -0.4 is 5.32 Å². The first kappa shape index (κ1) is 13.8. The van der Waals surface area contributed by atoms with Crippen molar-refractivity contribution in [2.75, 3.05) is 0 Å². The molecule has 1 aromatic rings. The zero-order chi connectivity index (χ0) is 13.5. The summed E-state index contributed by atoms with van der Waals surface area (Å²) in [7, 11) is 1.45. The quantitative estimate of drug-likeness (QED) is 0.850. The highest BCUT2D eigenvalue weighted by molar-refractivity contribution is 9.10. The summed E-state index contributed by atoms with van der Waals surface area (Å²) in [6.45, 7) is 1.75. The molecule has 7 heteroatoms. The summed E-state index contributed by atoms with van der Waals surface area (Å²) in [6.07, 6.45) is 1.94. The number of hydrogen-bond donors (Lipinski definition) is 1. The Morgan fingerprint density at radius 3 is 2.56 bits per heavy atom. The SMILES string of the molecule is Cc1c(Br)cc(S(=O)(=O)Cl)cc1C(=O)NC1CC1. The van der Waals surface area contributed by atoms with E-state index in [0.717, 1.165) is 12.8 Å². The van der Waals surface area contributed by atoms with Crippen LogP contribution in [0, 0.1) is 6.92 Å². The first-order chi connectivity index (χ1) is 8.29. The van der Waals surface area contributed by atoms with Crippen molar-refractivity contribution < 1.29 is 13.2 Å². The highest BCUT2D eigenvalue weighted by atomic mass is 79.9. The summed E-state index contributed by atoms with van der Waals surface area (Å²) < 4.78 is 23.2. The van der Waals surface area contributed by atoms with Gasteiger partial charge in [-0.25, -0.2) is 8.42 Å². The summed E-state index contributed by atoms with van der Waals surface area (Å²) in [5, 5.41) is 2.82. The van der Waals surface area contributed by atoms with E-state index in [4.69, 9.17) is 10.7 Å². The van der Waals surface area contributed by atoms with Crippen molar-refractivity contribution in [2.45, 2.75) is 30.7 Å². The van der Waals surface area contributed by atoms with E-state index in [9.17, 15) is 13.2 Å². The number of carbonyl (C=O) groups excluding carboxylic acids is 1. The van der Waals surface area contributed by atoms with Crippen molar-refractivity contribution >= 4 is 41.6 Å². The van der Waals surface area contributed by atoms with Gasteiger partial charge in [-0.2, -0.15) is 0 Å². The van der Waals surface area contributed by atoms with Gasteiger partial charge in [-0.15, -0.1) is 0 Å². The minimum Gasteiger partial charge on any atom is -0.349 e. The maximum Gasteiger partial charge on any atom is 0.261 e. The summed E-state index contributed by atoms with van der Waals surface area (Å²) in [6, 6.07) is 2.91. The van der Waals surface area contributed by atoms with E-state index in [1.165, 1.54) is 12.1 Å². The number of halogens is 2. The molecule has 18 heavy (non-hydrogen) atoms. The molecular formula is C11H11BrClNO3S. The first-order valence-electron chi connectivity index (χ1n) is 5.34. The zero-order valence-corrected chi connectivity index (χ0v) is 12.7. The van der Waals surface area contributed by atoms with Crippen molar-refractivity contribution in [3.63, 3.8) is 0 Å². The molecule has 0 radical (unpaired) electrons. The lowest BCUT2D eigenvalue weighted by Crippen LogP contribution is -2.26. The Morgan fingerprint density at radius 1 is 1.44 bits per heavy atom. The Bertz CT molecular complexity index is 611. The number of carbonyl (C=O) groups is 1. The van der Waals surface area contributed by atoms with Crippen LogP contribution in [-0.4, -0.2) is 20.4 Å². The van der Waals surface area contributed by atoms with Gasteiger partial charge in [0.1, 0.15) is 0 Å². The lowest BCUT2D eigenvalue weighted by molar-refractivity contribution is 0.0950. The summed E-state index contributed by atoms with van der Waals surface area (Å²) in [5.74, 6) is -0.266. The van der Waals surface area contributed by atoms with E-state index in [1.54, 1.807) is 6.92 Å². The van der Waals surface area contributed by atoms with Crippen molar-refractivity contribution in [3.05, 3.63) is 27.7 Å². The van der Waals surface area contributed by atoms with E-state index in [1.807, 2.05) is 0 Å². The maximum atomic E-state index is 12.0. The summed E-state index contributed by atoms with van der Waals surface area (Å²) in [5.41, 5.74) is 1.02. The molecule has 1 N–H and O–H groups in total. The van der Waals surface area contributed by atoms with Crippen LogP contribution in [0.3, 0.4) is 0 Å². The third-order valence-electron chi connectivity index (χ3n) is 2.76. The van der Waals surface area contributed by atoms with Gasteiger partial charge in [0.05, 0.1) is 4.90 Å². The smallest absolute Gasteiger partial charge is 0.261 e. The van der Waals surface area contributed by atoms with Gasteiger partial charge in [-0.1, -0.05) is 15.9 Å². The van der Waals surface area contributed by atoms with Crippen molar-refractivity contribution in [1.29, 1.82) is 0 Å². The van der Waals surface area contributed by atoms with Crippen molar-refractivity contribution in [1.82, 2.24) is 5.32 Å². The van der Waals surface area contributed by atoms with Crippen molar-refractivity contribution in [2.24, 2.45) is 0 Å². The fourth-order valence-corrected chi connectivity index (χ4v) is 2.92.